The molecular weight excluding hydrogens is 309 g/mol. The molecule has 106 valence electrons. The zero-order chi connectivity index (χ0) is 14.0. The van der Waals surface area contributed by atoms with Crippen LogP contribution >= 0.6 is 15.9 Å². The molecule has 19 heavy (non-hydrogen) atoms. The smallest absolute Gasteiger partial charge is 0.139 e. The van der Waals surface area contributed by atoms with E-state index in [1.807, 2.05) is 0 Å². The Balaban J connectivity index is 2.03. The molecule has 0 aromatic heterocycles. The first-order chi connectivity index (χ1) is 8.97. The van der Waals surface area contributed by atoms with Gasteiger partial charge in [-0.15, -0.1) is 0 Å². The van der Waals surface area contributed by atoms with E-state index in [1.165, 1.54) is 6.07 Å². The summed E-state index contributed by atoms with van der Waals surface area (Å²) in [6.07, 6.45) is 2.32. The molecule has 0 unspecified atom stereocenters. The van der Waals surface area contributed by atoms with Crippen LogP contribution in [0.3, 0.4) is 0 Å². The maximum Gasteiger partial charge on any atom is 0.139 e. The molecule has 0 spiro atoms. The molecule has 0 amide bonds. The molecule has 2 rings (SSSR count). The molecule has 1 aliphatic rings. The molecule has 0 atom stereocenters. The van der Waals surface area contributed by atoms with E-state index in [4.69, 9.17) is 5.73 Å². The first-order valence-electron chi connectivity index (χ1n) is 6.61. The lowest BCUT2D eigenvalue weighted by atomic mass is 9.96. The van der Waals surface area contributed by atoms with E-state index in [9.17, 15) is 4.39 Å². The molecule has 0 aliphatic carbocycles. The number of hydrogen-bond donors (Lipinski definition) is 1. The fourth-order valence-electron chi connectivity index (χ4n) is 2.70. The second-order valence-corrected chi connectivity index (χ2v) is 6.37. The van der Waals surface area contributed by atoms with Gasteiger partial charge in [-0.1, -0.05) is 0 Å². The largest absolute Gasteiger partial charge is 0.397 e. The Morgan fingerprint density at radius 3 is 2.58 bits per heavy atom. The first kappa shape index (κ1) is 14.6. The van der Waals surface area contributed by atoms with Crippen LogP contribution in [0.1, 0.15) is 12.8 Å². The standard InChI is InChI=1S/C14H21BrFN3/c1-18(2)9-10-3-5-19(6-4-10)14-7-11(15)12(16)8-13(14)17/h7-8,10H,3-6,9,17H2,1-2H3. The van der Waals surface area contributed by atoms with Crippen molar-refractivity contribution in [1.82, 2.24) is 4.90 Å². The second kappa shape index (κ2) is 6.09. The third-order valence-corrected chi connectivity index (χ3v) is 4.26. The molecule has 0 radical (unpaired) electrons. The third-order valence-electron chi connectivity index (χ3n) is 3.65. The van der Waals surface area contributed by atoms with E-state index in [-0.39, 0.29) is 5.82 Å². The summed E-state index contributed by atoms with van der Waals surface area (Å²) in [6, 6.07) is 3.18. The summed E-state index contributed by atoms with van der Waals surface area (Å²) in [4.78, 5) is 4.49. The van der Waals surface area contributed by atoms with Crippen LogP contribution in [0.25, 0.3) is 0 Å². The Kier molecular flexibility index (Phi) is 4.68. The van der Waals surface area contributed by atoms with Crippen molar-refractivity contribution in [2.75, 3.05) is 44.4 Å². The van der Waals surface area contributed by atoms with E-state index < -0.39 is 0 Å². The molecule has 0 bridgehead atoms. The lowest BCUT2D eigenvalue weighted by molar-refractivity contribution is 0.285. The van der Waals surface area contributed by atoms with Crippen LogP contribution in [-0.2, 0) is 0 Å². The summed E-state index contributed by atoms with van der Waals surface area (Å²) in [7, 11) is 4.23. The Labute approximate surface area is 122 Å². The van der Waals surface area contributed by atoms with Crippen molar-refractivity contribution in [2.45, 2.75) is 12.8 Å². The highest BCUT2D eigenvalue weighted by molar-refractivity contribution is 9.10. The van der Waals surface area contributed by atoms with E-state index in [0.717, 1.165) is 44.1 Å². The molecule has 1 fully saturated rings. The second-order valence-electron chi connectivity index (χ2n) is 5.52. The molecule has 1 saturated heterocycles. The van der Waals surface area contributed by atoms with E-state index >= 15 is 0 Å². The Hall–Kier alpha value is -0.810. The van der Waals surface area contributed by atoms with Crippen LogP contribution in [0.5, 0.6) is 0 Å². The minimum atomic E-state index is -0.302. The van der Waals surface area contributed by atoms with Crippen molar-refractivity contribution in [3.63, 3.8) is 0 Å². The molecular formula is C14H21BrFN3. The summed E-state index contributed by atoms with van der Waals surface area (Å²) < 4.78 is 13.9. The van der Waals surface area contributed by atoms with E-state index in [0.29, 0.717) is 10.2 Å². The summed E-state index contributed by atoms with van der Waals surface area (Å²) in [6.45, 7) is 3.11. The predicted octanol–water partition coefficient (Wildman–Crippen LogP) is 2.95. The molecule has 1 aromatic carbocycles. The van der Waals surface area contributed by atoms with Crippen LogP contribution < -0.4 is 10.6 Å². The predicted molar refractivity (Wildman–Crippen MR) is 82.0 cm³/mol. The number of piperidine rings is 1. The van der Waals surface area contributed by atoms with Gasteiger partial charge in [0.2, 0.25) is 0 Å². The fraction of sp³-hybridized carbons (Fsp3) is 0.571. The zero-order valence-corrected chi connectivity index (χ0v) is 13.1. The van der Waals surface area contributed by atoms with Gasteiger partial charge in [0, 0.05) is 25.7 Å². The topological polar surface area (TPSA) is 32.5 Å². The minimum Gasteiger partial charge on any atom is -0.397 e. The third kappa shape index (κ3) is 3.60. The minimum absolute atomic E-state index is 0.302. The van der Waals surface area contributed by atoms with Crippen LogP contribution in [0.15, 0.2) is 16.6 Å². The average molecular weight is 330 g/mol. The van der Waals surface area contributed by atoms with Crippen LogP contribution in [-0.4, -0.2) is 38.6 Å². The number of hydrogen-bond acceptors (Lipinski definition) is 3. The lowest BCUT2D eigenvalue weighted by Gasteiger charge is -2.35. The Morgan fingerprint density at radius 1 is 1.37 bits per heavy atom. The highest BCUT2D eigenvalue weighted by atomic mass is 79.9. The van der Waals surface area contributed by atoms with Gasteiger partial charge in [0.15, 0.2) is 0 Å². The van der Waals surface area contributed by atoms with E-state index in [2.05, 4.69) is 39.8 Å². The normalized spacial score (nSPS) is 17.2. The van der Waals surface area contributed by atoms with Crippen molar-refractivity contribution in [3.05, 3.63) is 22.4 Å². The highest BCUT2D eigenvalue weighted by Gasteiger charge is 2.21. The summed E-state index contributed by atoms with van der Waals surface area (Å²) in [5.74, 6) is 0.445. The van der Waals surface area contributed by atoms with Crippen molar-refractivity contribution < 1.29 is 4.39 Å². The average Bonchev–Trinajstić information content (AvgIpc) is 2.34. The van der Waals surface area contributed by atoms with Gasteiger partial charge in [-0.25, -0.2) is 4.39 Å². The number of halogens is 2. The van der Waals surface area contributed by atoms with Crippen LogP contribution in [0.4, 0.5) is 15.8 Å². The van der Waals surface area contributed by atoms with Gasteiger partial charge in [0.1, 0.15) is 5.82 Å². The maximum atomic E-state index is 13.4. The zero-order valence-electron chi connectivity index (χ0n) is 11.5. The Bertz CT molecular complexity index is 443. The maximum absolute atomic E-state index is 13.4. The Morgan fingerprint density at radius 2 is 2.00 bits per heavy atom. The summed E-state index contributed by atoms with van der Waals surface area (Å²) in [5, 5.41) is 0. The van der Waals surface area contributed by atoms with Gasteiger partial charge in [0.05, 0.1) is 15.8 Å². The molecule has 5 heteroatoms. The first-order valence-corrected chi connectivity index (χ1v) is 7.41. The number of rotatable bonds is 3. The van der Waals surface area contributed by atoms with Crippen molar-refractivity contribution in [1.29, 1.82) is 0 Å². The number of anilines is 2. The molecule has 0 saturated carbocycles. The van der Waals surface area contributed by atoms with Crippen molar-refractivity contribution in [3.8, 4) is 0 Å². The monoisotopic (exact) mass is 329 g/mol. The van der Waals surface area contributed by atoms with Crippen molar-refractivity contribution in [2.24, 2.45) is 5.92 Å². The van der Waals surface area contributed by atoms with Crippen LogP contribution in [0.2, 0.25) is 0 Å². The van der Waals surface area contributed by atoms with Gasteiger partial charge in [-0.2, -0.15) is 0 Å². The molecule has 1 aromatic rings. The van der Waals surface area contributed by atoms with Gasteiger partial charge in [-0.05, 0) is 54.9 Å². The van der Waals surface area contributed by atoms with Crippen molar-refractivity contribution >= 4 is 27.3 Å². The SMILES string of the molecule is CN(C)CC1CCN(c2cc(Br)c(F)cc2N)CC1. The summed E-state index contributed by atoms with van der Waals surface area (Å²) in [5.41, 5.74) is 7.39. The summed E-state index contributed by atoms with van der Waals surface area (Å²) >= 11 is 3.23. The molecule has 2 N–H and O–H groups in total. The number of nitrogens with zero attached hydrogens (tertiary/aromatic N) is 2. The quantitative estimate of drug-likeness (QED) is 0.865. The van der Waals surface area contributed by atoms with Gasteiger partial charge < -0.3 is 15.5 Å². The highest BCUT2D eigenvalue weighted by Crippen LogP contribution is 2.32. The number of nitrogen functional groups attached to an aromatic ring is 1. The molecule has 1 heterocycles. The number of nitrogens with two attached hydrogens (primary N) is 1. The van der Waals surface area contributed by atoms with Gasteiger partial charge >= 0.3 is 0 Å². The lowest BCUT2D eigenvalue weighted by Crippen LogP contribution is -2.37. The fourth-order valence-corrected chi connectivity index (χ4v) is 3.03. The molecule has 1 aliphatic heterocycles. The van der Waals surface area contributed by atoms with Crippen LogP contribution in [0, 0.1) is 11.7 Å². The van der Waals surface area contributed by atoms with E-state index in [1.54, 1.807) is 6.07 Å². The van der Waals surface area contributed by atoms with Gasteiger partial charge in [-0.3, -0.25) is 0 Å². The number of benzene rings is 1. The van der Waals surface area contributed by atoms with Gasteiger partial charge in [0.25, 0.3) is 0 Å². The molecule has 3 nitrogen and oxygen atoms in total.